The molecular formula is C48H82N2O3. The van der Waals surface area contributed by atoms with Crippen molar-refractivity contribution in [2.75, 3.05) is 24.7 Å². The van der Waals surface area contributed by atoms with E-state index in [0.717, 1.165) is 66.8 Å². The first kappa shape index (κ1) is 42.4. The number of nitrogen functional groups attached to an aromatic ring is 2. The van der Waals surface area contributed by atoms with Crippen molar-refractivity contribution in [3.05, 3.63) is 23.8 Å². The van der Waals surface area contributed by atoms with E-state index >= 15 is 0 Å². The number of ether oxygens (including phenoxy) is 2. The summed E-state index contributed by atoms with van der Waals surface area (Å²) in [7, 11) is 0. The highest BCUT2D eigenvalue weighted by Crippen LogP contribution is 2.68. The Morgan fingerprint density at radius 1 is 0.736 bits per heavy atom. The highest BCUT2D eigenvalue weighted by atomic mass is 16.5. The molecule has 302 valence electrons. The van der Waals surface area contributed by atoms with Crippen LogP contribution in [0.5, 0.6) is 0 Å². The van der Waals surface area contributed by atoms with Gasteiger partial charge in [0.25, 0.3) is 0 Å². The van der Waals surface area contributed by atoms with Crippen LogP contribution in [0.15, 0.2) is 18.2 Å². The smallest absolute Gasteiger partial charge is 0.305 e. The van der Waals surface area contributed by atoms with E-state index in [4.69, 9.17) is 20.9 Å². The molecule has 9 atom stereocenters. The van der Waals surface area contributed by atoms with E-state index in [9.17, 15) is 4.79 Å². The van der Waals surface area contributed by atoms with E-state index in [1.165, 1.54) is 147 Å². The molecule has 4 N–H and O–H groups in total. The van der Waals surface area contributed by atoms with Gasteiger partial charge in [0.2, 0.25) is 0 Å². The van der Waals surface area contributed by atoms with Crippen LogP contribution in [0, 0.1) is 46.3 Å². The lowest BCUT2D eigenvalue weighted by Gasteiger charge is -2.61. The van der Waals surface area contributed by atoms with Gasteiger partial charge in [-0.3, -0.25) is 4.79 Å². The Morgan fingerprint density at radius 2 is 1.34 bits per heavy atom. The van der Waals surface area contributed by atoms with Crippen molar-refractivity contribution in [2.24, 2.45) is 46.3 Å². The lowest BCUT2D eigenvalue weighted by molar-refractivity contribution is -0.145. The van der Waals surface area contributed by atoms with Crippen molar-refractivity contribution in [1.82, 2.24) is 0 Å². The maximum atomic E-state index is 12.7. The summed E-state index contributed by atoms with van der Waals surface area (Å²) in [6.07, 6.45) is 33.8. The fourth-order valence-electron chi connectivity index (χ4n) is 12.7. The Labute approximate surface area is 326 Å². The van der Waals surface area contributed by atoms with Gasteiger partial charge in [0.15, 0.2) is 0 Å². The lowest BCUT2D eigenvalue weighted by Crippen LogP contribution is -2.54. The van der Waals surface area contributed by atoms with Gasteiger partial charge in [-0.05, 0) is 147 Å². The molecule has 0 heterocycles. The average Bonchev–Trinajstić information content (AvgIpc) is 3.49. The molecule has 1 aromatic carbocycles. The molecule has 1 aromatic rings. The number of benzene rings is 1. The second-order valence-electron chi connectivity index (χ2n) is 19.2. The molecule has 4 aliphatic rings. The fraction of sp³-hybridized carbons (Fsp3) is 0.854. The second-order valence-corrected chi connectivity index (χ2v) is 19.2. The number of rotatable bonds is 23. The average molecular weight is 735 g/mol. The summed E-state index contributed by atoms with van der Waals surface area (Å²) >= 11 is 0. The Bertz CT molecular complexity index is 1210. The Morgan fingerprint density at radius 3 is 2.00 bits per heavy atom. The van der Waals surface area contributed by atoms with Crippen molar-refractivity contribution in [2.45, 2.75) is 201 Å². The van der Waals surface area contributed by atoms with Gasteiger partial charge in [0.05, 0.1) is 19.3 Å². The minimum atomic E-state index is 0.0373. The monoisotopic (exact) mass is 735 g/mol. The second kappa shape index (κ2) is 21.0. The van der Waals surface area contributed by atoms with Gasteiger partial charge >= 0.3 is 5.97 Å². The SMILES string of the molecule is CCCCCCCCCCCCCCCCOC(=O)CC[C@@H](C)[C@H]1CC[C@H]2[C@@H]3CCC4CC(OCCc5cc(N)cc(N)c5)CC[C@]4(C)[C@H]3CC[C@]12C. The van der Waals surface area contributed by atoms with Gasteiger partial charge in [-0.2, -0.15) is 0 Å². The predicted octanol–water partition coefficient (Wildman–Crippen LogP) is 12.9. The maximum Gasteiger partial charge on any atom is 0.305 e. The number of anilines is 2. The zero-order chi connectivity index (χ0) is 37.7. The molecule has 0 aliphatic heterocycles. The third-order valence-electron chi connectivity index (χ3n) is 15.7. The van der Waals surface area contributed by atoms with Crippen molar-refractivity contribution < 1.29 is 14.3 Å². The number of carbonyl (C=O) groups is 1. The first-order valence-electron chi connectivity index (χ1n) is 23.1. The van der Waals surface area contributed by atoms with Gasteiger partial charge in [-0.25, -0.2) is 0 Å². The molecule has 2 unspecified atom stereocenters. The van der Waals surface area contributed by atoms with Gasteiger partial charge in [-0.1, -0.05) is 111 Å². The first-order valence-corrected chi connectivity index (χ1v) is 23.1. The lowest BCUT2D eigenvalue weighted by atomic mass is 9.44. The molecule has 0 aromatic heterocycles. The van der Waals surface area contributed by atoms with Gasteiger partial charge in [0, 0.05) is 17.8 Å². The molecule has 5 nitrogen and oxygen atoms in total. The van der Waals surface area contributed by atoms with Crippen LogP contribution in [0.2, 0.25) is 0 Å². The summed E-state index contributed by atoms with van der Waals surface area (Å²) < 4.78 is 12.2. The van der Waals surface area contributed by atoms with Gasteiger partial charge in [0.1, 0.15) is 0 Å². The number of fused-ring (bicyclic) bond motifs is 5. The van der Waals surface area contributed by atoms with E-state index in [1.807, 2.05) is 18.2 Å². The zero-order valence-corrected chi connectivity index (χ0v) is 35.0. The predicted molar refractivity (Wildman–Crippen MR) is 224 cm³/mol. The summed E-state index contributed by atoms with van der Waals surface area (Å²) in [5.41, 5.74) is 15.6. The van der Waals surface area contributed by atoms with Crippen molar-refractivity contribution in [1.29, 1.82) is 0 Å². The quantitative estimate of drug-likeness (QED) is 0.0664. The van der Waals surface area contributed by atoms with E-state index < -0.39 is 0 Å². The number of carbonyl (C=O) groups excluding carboxylic acids is 1. The molecular weight excluding hydrogens is 653 g/mol. The molecule has 4 fully saturated rings. The summed E-state index contributed by atoms with van der Waals surface area (Å²) in [6, 6.07) is 5.88. The molecule has 5 heteroatoms. The number of hydrogen-bond acceptors (Lipinski definition) is 5. The van der Waals surface area contributed by atoms with Gasteiger partial charge in [-0.15, -0.1) is 0 Å². The molecule has 0 bridgehead atoms. The Balaban J connectivity index is 0.948. The summed E-state index contributed by atoms with van der Waals surface area (Å²) in [5, 5.41) is 0. The molecule has 4 saturated carbocycles. The highest BCUT2D eigenvalue weighted by Gasteiger charge is 2.60. The topological polar surface area (TPSA) is 87.6 Å². The van der Waals surface area contributed by atoms with Crippen LogP contribution in [0.3, 0.4) is 0 Å². The molecule has 5 rings (SSSR count). The maximum absolute atomic E-state index is 12.7. The van der Waals surface area contributed by atoms with E-state index in [2.05, 4.69) is 27.7 Å². The minimum Gasteiger partial charge on any atom is -0.466 e. The Kier molecular flexibility index (Phi) is 16.8. The summed E-state index contributed by atoms with van der Waals surface area (Å²) in [6.45, 7) is 11.4. The van der Waals surface area contributed by atoms with Crippen LogP contribution in [0.25, 0.3) is 0 Å². The van der Waals surface area contributed by atoms with Crippen LogP contribution in [0.1, 0.15) is 194 Å². The van der Waals surface area contributed by atoms with Crippen LogP contribution in [0.4, 0.5) is 11.4 Å². The highest BCUT2D eigenvalue weighted by molar-refractivity contribution is 5.69. The number of hydrogen-bond donors (Lipinski definition) is 2. The minimum absolute atomic E-state index is 0.0373. The number of esters is 1. The molecule has 4 aliphatic carbocycles. The molecule has 0 radical (unpaired) electrons. The molecule has 0 amide bonds. The first-order chi connectivity index (χ1) is 25.6. The molecule has 53 heavy (non-hydrogen) atoms. The Hall–Kier alpha value is -1.75. The number of nitrogens with two attached hydrogens (primary N) is 2. The van der Waals surface area contributed by atoms with Crippen LogP contribution < -0.4 is 11.5 Å². The largest absolute Gasteiger partial charge is 0.466 e. The van der Waals surface area contributed by atoms with E-state index in [1.54, 1.807) is 0 Å². The zero-order valence-electron chi connectivity index (χ0n) is 35.0. The third kappa shape index (κ3) is 11.6. The summed E-state index contributed by atoms with van der Waals surface area (Å²) in [5.74, 6) is 4.79. The van der Waals surface area contributed by atoms with Gasteiger partial charge < -0.3 is 20.9 Å². The van der Waals surface area contributed by atoms with Crippen LogP contribution in [-0.2, 0) is 20.7 Å². The molecule has 0 saturated heterocycles. The van der Waals surface area contributed by atoms with Crippen molar-refractivity contribution in [3.63, 3.8) is 0 Å². The van der Waals surface area contributed by atoms with Crippen molar-refractivity contribution >= 4 is 17.3 Å². The van der Waals surface area contributed by atoms with E-state index in [-0.39, 0.29) is 5.97 Å². The summed E-state index contributed by atoms with van der Waals surface area (Å²) in [4.78, 5) is 12.7. The van der Waals surface area contributed by atoms with Crippen molar-refractivity contribution in [3.8, 4) is 0 Å². The standard InChI is InChI=1S/C48H82N2O3/c1-5-6-7-8-9-10-11-12-13-14-15-16-17-18-30-53-46(51)24-19-36(2)43-22-23-44-42-21-20-38-34-41(52-31-27-37-32-39(49)35-40(50)33-37)25-28-47(38,3)45(42)26-29-48(43,44)4/h32-33,35-36,38,41-45H,5-31,34,49-50H2,1-4H3/t36-,38?,41?,42+,43-,44+,45+,47+,48-/m1/s1. The molecule has 0 spiro atoms. The van der Waals surface area contributed by atoms with Crippen LogP contribution in [-0.4, -0.2) is 25.3 Å². The number of unbranched alkanes of at least 4 members (excludes halogenated alkanes) is 13. The van der Waals surface area contributed by atoms with E-state index in [0.29, 0.717) is 35.9 Å². The third-order valence-corrected chi connectivity index (χ3v) is 15.7. The van der Waals surface area contributed by atoms with Crippen LogP contribution >= 0.6 is 0 Å². The normalized spacial score (nSPS) is 31.4. The fourth-order valence-corrected chi connectivity index (χ4v) is 12.7.